The number of hydrogen-bond donors (Lipinski definition) is 7. The van der Waals surface area contributed by atoms with E-state index in [2.05, 4.69) is 11.9 Å². The number of carbonyl (C=O) groups excluding carboxylic acids is 2. The first kappa shape index (κ1) is 28.8. The van der Waals surface area contributed by atoms with Gasteiger partial charge in [-0.3, -0.25) is 9.59 Å². The normalized spacial score (nSPS) is 37.0. The van der Waals surface area contributed by atoms with E-state index in [1.54, 1.807) is 37.4 Å². The van der Waals surface area contributed by atoms with Gasteiger partial charge in [0, 0.05) is 35.9 Å². The number of benzene rings is 1. The van der Waals surface area contributed by atoms with Crippen molar-refractivity contribution in [3.8, 4) is 0 Å². The third-order valence-electron chi connectivity index (χ3n) is 7.82. The van der Waals surface area contributed by atoms with Crippen LogP contribution in [0.4, 0.5) is 11.4 Å². The first-order valence-corrected chi connectivity index (χ1v) is 15.6. The zero-order chi connectivity index (χ0) is 28.2. The van der Waals surface area contributed by atoms with Gasteiger partial charge in [-0.15, -0.1) is 6.58 Å². The fourth-order valence-electron chi connectivity index (χ4n) is 6.15. The quantitative estimate of drug-likeness (QED) is 0.166. The molecule has 2 saturated heterocycles. The standard InChI is InChI=1S/C25H36N2O10Si/c1-5-9-27-15-7-6-13(26-22(32)20-18(30)17(29)19(31)23(33)36-20)11-14(15)25(24(27)34)12(2)21(38(3,4)35)16(37-25)8-10-28/h5-7,11-12,16-21,23,28-31,33,35H,1,8-10H2,2-4H3,(H,26,32)/t12-,16+,17-,18-,19+,20-,21-,23+,25+/m0/s1. The highest BCUT2D eigenvalue weighted by atomic mass is 28.4. The maximum atomic E-state index is 13.9. The molecule has 2 fully saturated rings. The van der Waals surface area contributed by atoms with Gasteiger partial charge in [0.05, 0.1) is 11.8 Å². The number of anilines is 2. The van der Waals surface area contributed by atoms with Gasteiger partial charge >= 0.3 is 0 Å². The van der Waals surface area contributed by atoms with Crippen LogP contribution in [-0.2, 0) is 24.7 Å². The highest BCUT2D eigenvalue weighted by Gasteiger charge is 2.66. The molecule has 38 heavy (non-hydrogen) atoms. The Hall–Kier alpha value is -2.20. The number of aliphatic hydroxyl groups is 5. The van der Waals surface area contributed by atoms with Crippen molar-refractivity contribution in [2.45, 2.75) is 74.4 Å². The maximum absolute atomic E-state index is 13.9. The molecule has 0 radical (unpaired) electrons. The predicted octanol–water partition coefficient (Wildman–Crippen LogP) is -0.862. The molecule has 9 atom stereocenters. The molecular weight excluding hydrogens is 516 g/mol. The summed E-state index contributed by atoms with van der Waals surface area (Å²) in [5.41, 5.74) is -0.602. The summed E-state index contributed by atoms with van der Waals surface area (Å²) in [5.74, 6) is -1.68. The fraction of sp³-hybridized carbons (Fsp3) is 0.600. The third kappa shape index (κ3) is 4.51. The smallest absolute Gasteiger partial charge is 0.264 e. The molecular formula is C25H36N2O10Si. The largest absolute Gasteiger partial charge is 0.432 e. The maximum Gasteiger partial charge on any atom is 0.264 e. The summed E-state index contributed by atoms with van der Waals surface area (Å²) < 4.78 is 11.5. The summed E-state index contributed by atoms with van der Waals surface area (Å²) in [4.78, 5) is 39.5. The number of aliphatic hydroxyl groups excluding tert-OH is 5. The van der Waals surface area contributed by atoms with Gasteiger partial charge < -0.3 is 50.0 Å². The van der Waals surface area contributed by atoms with E-state index >= 15 is 0 Å². The van der Waals surface area contributed by atoms with Crippen molar-refractivity contribution in [1.82, 2.24) is 0 Å². The van der Waals surface area contributed by atoms with Gasteiger partial charge in [0.15, 0.2) is 26.3 Å². The number of ether oxygens (including phenoxy) is 2. The molecule has 1 spiro atoms. The molecule has 4 rings (SSSR count). The Labute approximate surface area is 221 Å². The van der Waals surface area contributed by atoms with Crippen molar-refractivity contribution < 1.29 is 49.4 Å². The zero-order valence-electron chi connectivity index (χ0n) is 21.5. The number of carbonyl (C=O) groups is 2. The Morgan fingerprint density at radius 3 is 2.50 bits per heavy atom. The lowest BCUT2D eigenvalue weighted by Crippen LogP contribution is -2.60. The molecule has 0 unspecified atom stereocenters. The molecule has 12 nitrogen and oxygen atoms in total. The average Bonchev–Trinajstić information content (AvgIpc) is 3.27. The van der Waals surface area contributed by atoms with Crippen molar-refractivity contribution in [3.05, 3.63) is 36.4 Å². The van der Waals surface area contributed by atoms with Gasteiger partial charge in [-0.2, -0.15) is 0 Å². The second kappa shape index (κ2) is 10.4. The summed E-state index contributed by atoms with van der Waals surface area (Å²) in [6.45, 7) is 9.15. The number of nitrogens with zero attached hydrogens (tertiary/aromatic N) is 1. The van der Waals surface area contributed by atoms with Crippen molar-refractivity contribution in [3.63, 3.8) is 0 Å². The van der Waals surface area contributed by atoms with Crippen LogP contribution in [0, 0.1) is 5.92 Å². The van der Waals surface area contributed by atoms with Gasteiger partial charge in [-0.1, -0.05) is 13.0 Å². The van der Waals surface area contributed by atoms with Crippen LogP contribution in [0.2, 0.25) is 18.6 Å². The van der Waals surface area contributed by atoms with Crippen LogP contribution in [0.3, 0.4) is 0 Å². The molecule has 0 aromatic heterocycles. The minimum Gasteiger partial charge on any atom is -0.432 e. The topological polar surface area (TPSA) is 189 Å². The minimum atomic E-state index is -2.87. The number of fused-ring (bicyclic) bond motifs is 2. The number of hydrogen-bond acceptors (Lipinski definition) is 10. The highest BCUT2D eigenvalue weighted by Crippen LogP contribution is 2.59. The predicted molar refractivity (Wildman–Crippen MR) is 137 cm³/mol. The van der Waals surface area contributed by atoms with E-state index in [-0.39, 0.29) is 36.7 Å². The Kier molecular flexibility index (Phi) is 7.89. The van der Waals surface area contributed by atoms with Crippen molar-refractivity contribution in [2.75, 3.05) is 23.4 Å². The van der Waals surface area contributed by atoms with E-state index < -0.39 is 62.6 Å². The first-order valence-electron chi connectivity index (χ1n) is 12.6. The SMILES string of the molecule is C=CCN1C(=O)[C@]2(O[C@H](CCO)[C@@H]([Si](C)(C)O)[C@@H]2C)c2cc(NC(=O)[C@H]3O[C@@H](O)[C@H](O)[C@@H](O)[C@@H]3O)ccc21. The molecule has 2 amide bonds. The molecule has 0 aliphatic carbocycles. The summed E-state index contributed by atoms with van der Waals surface area (Å²) in [6, 6.07) is 4.76. The van der Waals surface area contributed by atoms with Gasteiger partial charge in [0.1, 0.15) is 18.3 Å². The summed E-state index contributed by atoms with van der Waals surface area (Å²) in [6.07, 6.45) is -7.69. The zero-order valence-corrected chi connectivity index (χ0v) is 22.5. The average molecular weight is 553 g/mol. The van der Waals surface area contributed by atoms with Crippen LogP contribution >= 0.6 is 0 Å². The highest BCUT2D eigenvalue weighted by molar-refractivity contribution is 6.71. The van der Waals surface area contributed by atoms with E-state index in [9.17, 15) is 39.9 Å². The molecule has 7 N–H and O–H groups in total. The lowest BCUT2D eigenvalue weighted by atomic mass is 9.82. The molecule has 3 aliphatic heterocycles. The van der Waals surface area contributed by atoms with Gasteiger partial charge in [0.2, 0.25) is 0 Å². The molecule has 1 aromatic rings. The molecule has 13 heteroatoms. The Morgan fingerprint density at radius 2 is 1.89 bits per heavy atom. The van der Waals surface area contributed by atoms with Gasteiger partial charge in [-0.25, -0.2) is 0 Å². The first-order chi connectivity index (χ1) is 17.8. The van der Waals surface area contributed by atoms with Crippen LogP contribution in [0.15, 0.2) is 30.9 Å². The summed E-state index contributed by atoms with van der Waals surface area (Å²) in [5, 5.41) is 51.9. The third-order valence-corrected chi connectivity index (χ3v) is 10.3. The van der Waals surface area contributed by atoms with E-state index in [4.69, 9.17) is 9.47 Å². The van der Waals surface area contributed by atoms with E-state index in [1.807, 2.05) is 6.92 Å². The number of amides is 2. The van der Waals surface area contributed by atoms with Crippen molar-refractivity contribution in [1.29, 1.82) is 0 Å². The van der Waals surface area contributed by atoms with Crippen LogP contribution < -0.4 is 10.2 Å². The Bertz CT molecular complexity index is 1100. The number of rotatable bonds is 7. The van der Waals surface area contributed by atoms with Crippen molar-refractivity contribution >= 4 is 31.5 Å². The molecule has 1 aromatic carbocycles. The van der Waals surface area contributed by atoms with E-state index in [1.165, 1.54) is 4.90 Å². The van der Waals surface area contributed by atoms with Crippen LogP contribution in [0.5, 0.6) is 0 Å². The van der Waals surface area contributed by atoms with Gasteiger partial charge in [-0.05, 0) is 37.7 Å². The lowest BCUT2D eigenvalue weighted by molar-refractivity contribution is -0.274. The minimum absolute atomic E-state index is 0.182. The van der Waals surface area contributed by atoms with Crippen LogP contribution in [0.1, 0.15) is 18.9 Å². The Balaban J connectivity index is 1.73. The monoisotopic (exact) mass is 552 g/mol. The molecule has 3 aliphatic rings. The lowest BCUT2D eigenvalue weighted by Gasteiger charge is -2.37. The van der Waals surface area contributed by atoms with Crippen LogP contribution in [0.25, 0.3) is 0 Å². The van der Waals surface area contributed by atoms with Gasteiger partial charge in [0.25, 0.3) is 11.8 Å². The molecule has 3 heterocycles. The van der Waals surface area contributed by atoms with E-state index in [0.29, 0.717) is 11.3 Å². The summed E-state index contributed by atoms with van der Waals surface area (Å²) >= 11 is 0. The van der Waals surface area contributed by atoms with E-state index in [0.717, 1.165) is 0 Å². The second-order valence-corrected chi connectivity index (χ2v) is 14.7. The molecule has 210 valence electrons. The summed E-state index contributed by atoms with van der Waals surface area (Å²) in [7, 11) is -2.87. The fourth-order valence-corrected chi connectivity index (χ4v) is 8.76. The second-order valence-electron chi connectivity index (χ2n) is 10.7. The number of nitrogens with one attached hydrogen (secondary N) is 1. The molecule has 0 bridgehead atoms. The van der Waals surface area contributed by atoms with Crippen molar-refractivity contribution in [2.24, 2.45) is 5.92 Å². The molecule has 0 saturated carbocycles. The van der Waals surface area contributed by atoms with Crippen LogP contribution in [-0.4, -0.2) is 100 Å². The Morgan fingerprint density at radius 1 is 1.21 bits per heavy atom.